The number of aliphatic hydroxyl groups excluding tert-OH is 2. The van der Waals surface area contributed by atoms with Gasteiger partial charge in [0.25, 0.3) is 0 Å². The molecule has 0 aliphatic rings. The number of hydrogen-bond donors (Lipinski definition) is 2. The monoisotopic (exact) mass is 287 g/mol. The highest BCUT2D eigenvalue weighted by atomic mass is 79.9. The molecule has 0 aliphatic heterocycles. The maximum Gasteiger partial charge on any atom is 0.0762 e. The molecule has 2 unspecified atom stereocenters. The predicted molar refractivity (Wildman–Crippen MR) is 69.7 cm³/mol. The Kier molecular flexibility index (Phi) is 4.77. The van der Waals surface area contributed by atoms with E-state index in [-0.39, 0.29) is 12.6 Å². The number of hydrogen-bond acceptors (Lipinski definition) is 3. The quantitative estimate of drug-likeness (QED) is 0.893. The van der Waals surface area contributed by atoms with Crippen LogP contribution in [0.3, 0.4) is 0 Å². The van der Waals surface area contributed by atoms with Crippen molar-refractivity contribution >= 4 is 21.6 Å². The van der Waals surface area contributed by atoms with Gasteiger partial charge in [-0.05, 0) is 47.5 Å². The highest BCUT2D eigenvalue weighted by Gasteiger charge is 2.13. The minimum Gasteiger partial charge on any atom is -0.394 e. The summed E-state index contributed by atoms with van der Waals surface area (Å²) in [6.07, 6.45) is -0.467. The predicted octanol–water partition coefficient (Wildman–Crippen LogP) is 2.32. The first-order valence-electron chi connectivity index (χ1n) is 5.28. The van der Waals surface area contributed by atoms with E-state index >= 15 is 0 Å². The number of nitrogens with zero attached hydrogens (tertiary/aromatic N) is 1. The largest absolute Gasteiger partial charge is 0.394 e. The van der Waals surface area contributed by atoms with E-state index in [1.165, 1.54) is 0 Å². The molecule has 1 aromatic rings. The fourth-order valence-corrected chi connectivity index (χ4v) is 2.11. The van der Waals surface area contributed by atoms with Crippen LogP contribution in [0.5, 0.6) is 0 Å². The van der Waals surface area contributed by atoms with Gasteiger partial charge in [0.2, 0.25) is 0 Å². The van der Waals surface area contributed by atoms with Gasteiger partial charge in [-0.3, -0.25) is 0 Å². The van der Waals surface area contributed by atoms with Crippen LogP contribution in [0.1, 0.15) is 25.5 Å². The summed E-state index contributed by atoms with van der Waals surface area (Å²) in [4.78, 5) is 2.00. The minimum absolute atomic E-state index is 0.0636. The van der Waals surface area contributed by atoms with E-state index < -0.39 is 6.10 Å². The summed E-state index contributed by atoms with van der Waals surface area (Å²) in [6, 6.07) is 5.80. The van der Waals surface area contributed by atoms with Crippen molar-refractivity contribution in [2.45, 2.75) is 26.0 Å². The fraction of sp³-hybridized carbons (Fsp3) is 0.500. The Morgan fingerprint density at radius 2 is 2.00 bits per heavy atom. The van der Waals surface area contributed by atoms with Gasteiger partial charge in [-0.1, -0.05) is 6.07 Å². The zero-order chi connectivity index (χ0) is 12.3. The van der Waals surface area contributed by atoms with E-state index in [2.05, 4.69) is 15.9 Å². The Morgan fingerprint density at radius 3 is 2.44 bits per heavy atom. The molecule has 0 heterocycles. The molecule has 0 saturated carbocycles. The van der Waals surface area contributed by atoms with Crippen LogP contribution in [0.2, 0.25) is 0 Å². The molecule has 0 aromatic heterocycles. The topological polar surface area (TPSA) is 43.7 Å². The summed E-state index contributed by atoms with van der Waals surface area (Å²) in [7, 11) is 1.93. The van der Waals surface area contributed by atoms with Gasteiger partial charge in [0, 0.05) is 17.6 Å². The molecule has 4 heteroatoms. The third-order valence-electron chi connectivity index (χ3n) is 2.76. The Labute approximate surface area is 105 Å². The molecular formula is C12H18BrNO2. The summed E-state index contributed by atoms with van der Waals surface area (Å²) >= 11 is 3.48. The van der Waals surface area contributed by atoms with E-state index in [1.54, 1.807) is 6.92 Å². The maximum absolute atomic E-state index is 9.46. The molecular weight excluding hydrogens is 270 g/mol. The standard InChI is InChI=1S/C12H18BrNO2/c1-8(7-15)14(3)12-5-4-10(9(2)16)6-11(12)13/h4-6,8-9,15-16H,7H2,1-3H3. The van der Waals surface area contributed by atoms with Crippen LogP contribution in [0.15, 0.2) is 22.7 Å². The molecule has 2 N–H and O–H groups in total. The maximum atomic E-state index is 9.46. The molecule has 0 aliphatic carbocycles. The lowest BCUT2D eigenvalue weighted by Gasteiger charge is -2.26. The van der Waals surface area contributed by atoms with Crippen molar-refractivity contribution in [1.29, 1.82) is 0 Å². The van der Waals surface area contributed by atoms with Crippen LogP contribution in [0, 0.1) is 0 Å². The number of rotatable bonds is 4. The molecule has 0 amide bonds. The third-order valence-corrected chi connectivity index (χ3v) is 3.39. The van der Waals surface area contributed by atoms with Gasteiger partial charge in [0.05, 0.1) is 18.4 Å². The smallest absolute Gasteiger partial charge is 0.0762 e. The second-order valence-corrected chi connectivity index (χ2v) is 4.88. The molecule has 16 heavy (non-hydrogen) atoms. The SMILES string of the molecule is CC(O)c1ccc(N(C)C(C)CO)c(Br)c1. The van der Waals surface area contributed by atoms with E-state index in [9.17, 15) is 5.11 Å². The minimum atomic E-state index is -0.467. The molecule has 1 rings (SSSR count). The van der Waals surface area contributed by atoms with Crippen LogP contribution in [-0.4, -0.2) is 29.9 Å². The summed E-state index contributed by atoms with van der Waals surface area (Å²) in [6.45, 7) is 3.80. The molecule has 90 valence electrons. The average molecular weight is 288 g/mol. The first-order chi connectivity index (χ1) is 7.47. The second-order valence-electron chi connectivity index (χ2n) is 4.03. The van der Waals surface area contributed by atoms with Gasteiger partial charge in [-0.15, -0.1) is 0 Å². The lowest BCUT2D eigenvalue weighted by atomic mass is 10.1. The van der Waals surface area contributed by atoms with Crippen molar-refractivity contribution in [1.82, 2.24) is 0 Å². The Bertz CT molecular complexity index is 355. The molecule has 3 nitrogen and oxygen atoms in total. The summed E-state index contributed by atoms with van der Waals surface area (Å²) in [5.74, 6) is 0. The van der Waals surface area contributed by atoms with Crippen LogP contribution >= 0.6 is 15.9 Å². The van der Waals surface area contributed by atoms with Crippen molar-refractivity contribution in [3.05, 3.63) is 28.2 Å². The van der Waals surface area contributed by atoms with Crippen molar-refractivity contribution in [3.63, 3.8) is 0 Å². The van der Waals surface area contributed by atoms with Gasteiger partial charge in [0.1, 0.15) is 0 Å². The van der Waals surface area contributed by atoms with E-state index in [0.29, 0.717) is 0 Å². The van der Waals surface area contributed by atoms with Gasteiger partial charge in [-0.2, -0.15) is 0 Å². The van der Waals surface area contributed by atoms with Crippen molar-refractivity contribution in [2.24, 2.45) is 0 Å². The first-order valence-corrected chi connectivity index (χ1v) is 6.08. The molecule has 2 atom stereocenters. The Morgan fingerprint density at radius 1 is 1.38 bits per heavy atom. The molecule has 0 spiro atoms. The lowest BCUT2D eigenvalue weighted by Crippen LogP contribution is -2.32. The lowest BCUT2D eigenvalue weighted by molar-refractivity contribution is 0.199. The van der Waals surface area contributed by atoms with E-state index in [1.807, 2.05) is 37.1 Å². The number of likely N-dealkylation sites (N-methyl/N-ethyl adjacent to an activating group) is 1. The van der Waals surface area contributed by atoms with Crippen molar-refractivity contribution in [2.75, 3.05) is 18.6 Å². The number of anilines is 1. The summed E-state index contributed by atoms with van der Waals surface area (Å²) < 4.78 is 0.925. The van der Waals surface area contributed by atoms with Gasteiger partial charge >= 0.3 is 0 Å². The second kappa shape index (κ2) is 5.66. The van der Waals surface area contributed by atoms with Crippen LogP contribution < -0.4 is 4.90 Å². The average Bonchev–Trinajstić information content (AvgIpc) is 2.26. The zero-order valence-electron chi connectivity index (χ0n) is 9.81. The number of aliphatic hydroxyl groups is 2. The first kappa shape index (κ1) is 13.5. The third kappa shape index (κ3) is 2.97. The Hall–Kier alpha value is -0.580. The summed E-state index contributed by atoms with van der Waals surface area (Å²) in [5, 5.41) is 18.6. The van der Waals surface area contributed by atoms with Crippen LogP contribution in [0.4, 0.5) is 5.69 Å². The molecule has 0 saturated heterocycles. The number of benzene rings is 1. The molecule has 0 radical (unpaired) electrons. The zero-order valence-corrected chi connectivity index (χ0v) is 11.4. The Balaban J connectivity index is 2.99. The molecule has 0 fully saturated rings. The van der Waals surface area contributed by atoms with Gasteiger partial charge < -0.3 is 15.1 Å². The van der Waals surface area contributed by atoms with Gasteiger partial charge in [-0.25, -0.2) is 0 Å². The van der Waals surface area contributed by atoms with Crippen molar-refractivity contribution < 1.29 is 10.2 Å². The van der Waals surface area contributed by atoms with E-state index in [0.717, 1.165) is 15.7 Å². The van der Waals surface area contributed by atoms with E-state index in [4.69, 9.17) is 5.11 Å². The van der Waals surface area contributed by atoms with Gasteiger partial charge in [0.15, 0.2) is 0 Å². The highest BCUT2D eigenvalue weighted by molar-refractivity contribution is 9.10. The normalized spacial score (nSPS) is 14.6. The molecule has 0 bridgehead atoms. The summed E-state index contributed by atoms with van der Waals surface area (Å²) in [5.41, 5.74) is 1.88. The highest BCUT2D eigenvalue weighted by Crippen LogP contribution is 2.29. The molecule has 1 aromatic carbocycles. The number of halogens is 1. The van der Waals surface area contributed by atoms with Crippen LogP contribution in [-0.2, 0) is 0 Å². The fourth-order valence-electron chi connectivity index (χ4n) is 1.43. The van der Waals surface area contributed by atoms with Crippen LogP contribution in [0.25, 0.3) is 0 Å². The van der Waals surface area contributed by atoms with Crippen molar-refractivity contribution in [3.8, 4) is 0 Å².